The topological polar surface area (TPSA) is 13.1 Å². The van der Waals surface area contributed by atoms with E-state index in [1.54, 1.807) is 0 Å². The fraction of sp³-hybridized carbons (Fsp3) is 0.429. The first kappa shape index (κ1) is 9.02. The lowest BCUT2D eigenvalue weighted by Crippen LogP contribution is -1.84. The molecule has 1 heterocycles. The second-order valence-electron chi connectivity index (χ2n) is 4.66. The van der Waals surface area contributed by atoms with Gasteiger partial charge in [-0.05, 0) is 29.7 Å². The van der Waals surface area contributed by atoms with Gasteiger partial charge in [-0.1, -0.05) is 33.8 Å². The maximum atomic E-state index is 8.09. The van der Waals surface area contributed by atoms with Crippen molar-refractivity contribution in [3.8, 4) is 0 Å². The Bertz CT molecular complexity index is 509. The molecule has 80 valence electrons. The van der Waals surface area contributed by atoms with Crippen LogP contribution in [-0.4, -0.2) is 0 Å². The maximum Gasteiger partial charge on any atom is 0.134 e. The predicted molar refractivity (Wildman–Crippen MR) is 64.4 cm³/mol. The first-order chi connectivity index (χ1) is 7.50. The normalized spacial score (nSPS) is 12.8. The van der Waals surface area contributed by atoms with Gasteiger partial charge < -0.3 is 4.42 Å². The van der Waals surface area contributed by atoms with Crippen molar-refractivity contribution in [2.75, 3.05) is 0 Å². The molecular weight excluding hydrogens is 184 g/mol. The summed E-state index contributed by atoms with van der Waals surface area (Å²) in [5.74, 6) is 1.54. The summed E-state index contributed by atoms with van der Waals surface area (Å²) in [4.78, 5) is 0. The lowest BCUT2D eigenvalue weighted by molar-refractivity contribution is 0.521. The summed E-state index contributed by atoms with van der Waals surface area (Å²) in [5, 5.41) is 0.940. The van der Waals surface area contributed by atoms with Gasteiger partial charge >= 0.3 is 0 Å². The number of benzene rings is 1. The van der Waals surface area contributed by atoms with Gasteiger partial charge in [-0.25, -0.2) is 0 Å². The summed E-state index contributed by atoms with van der Waals surface area (Å²) < 4.78 is 13.8. The zero-order chi connectivity index (χ0) is 11.9. The van der Waals surface area contributed by atoms with Crippen molar-refractivity contribution in [1.29, 1.82) is 0 Å². The first-order valence-corrected chi connectivity index (χ1v) is 5.53. The highest BCUT2D eigenvalue weighted by Gasteiger charge is 2.08. The van der Waals surface area contributed by atoms with Gasteiger partial charge in [0.05, 0.1) is 1.37 Å². The van der Waals surface area contributed by atoms with Crippen molar-refractivity contribution < 1.29 is 5.79 Å². The van der Waals surface area contributed by atoms with E-state index in [9.17, 15) is 0 Å². The molecule has 1 nitrogen and oxygen atoms in total. The van der Waals surface area contributed by atoms with Crippen LogP contribution in [0.3, 0.4) is 0 Å². The van der Waals surface area contributed by atoms with Crippen molar-refractivity contribution in [1.82, 2.24) is 0 Å². The second-order valence-corrected chi connectivity index (χ2v) is 4.66. The van der Waals surface area contributed by atoms with Gasteiger partial charge in [0.25, 0.3) is 0 Å². The second kappa shape index (κ2) is 3.73. The molecule has 1 aromatic heterocycles. The van der Waals surface area contributed by atoms with Crippen molar-refractivity contribution in [3.05, 3.63) is 35.6 Å². The molecule has 0 aliphatic rings. The van der Waals surface area contributed by atoms with Crippen molar-refractivity contribution in [3.63, 3.8) is 0 Å². The minimum Gasteiger partial charge on any atom is -0.461 e. The Hall–Kier alpha value is -1.24. The molecule has 15 heavy (non-hydrogen) atoms. The molecule has 0 amide bonds. The quantitative estimate of drug-likeness (QED) is 0.690. The monoisotopic (exact) mass is 203 g/mol. The third-order valence-electron chi connectivity index (χ3n) is 2.67. The van der Waals surface area contributed by atoms with Crippen LogP contribution in [0.4, 0.5) is 0 Å². The molecule has 0 fully saturated rings. The predicted octanol–water partition coefficient (Wildman–Crippen LogP) is 4.68. The third kappa shape index (κ3) is 1.92. The number of furan rings is 1. The van der Waals surface area contributed by atoms with Crippen molar-refractivity contribution in [2.24, 2.45) is 0 Å². The van der Waals surface area contributed by atoms with Crippen LogP contribution in [0, 0.1) is 0 Å². The van der Waals surface area contributed by atoms with Gasteiger partial charge in [0.2, 0.25) is 0 Å². The van der Waals surface area contributed by atoms with E-state index in [0.29, 0.717) is 12.0 Å². The van der Waals surface area contributed by atoms with E-state index in [4.69, 9.17) is 5.79 Å². The molecule has 2 rings (SSSR count). The van der Waals surface area contributed by atoms with Crippen LogP contribution in [0.1, 0.15) is 52.2 Å². The highest BCUT2D eigenvalue weighted by molar-refractivity contribution is 5.79. The SMILES string of the molecule is [2H]c1c(C(C)C)oc2ccc(C(C)C)cc12. The summed E-state index contributed by atoms with van der Waals surface area (Å²) >= 11 is 0. The van der Waals surface area contributed by atoms with Gasteiger partial charge in [0.15, 0.2) is 0 Å². The average Bonchev–Trinajstić information content (AvgIpc) is 2.56. The van der Waals surface area contributed by atoms with Crippen molar-refractivity contribution >= 4 is 11.0 Å². The summed E-state index contributed by atoms with van der Waals surface area (Å²) in [6.45, 7) is 8.43. The Balaban J connectivity index is 2.64. The van der Waals surface area contributed by atoms with Gasteiger partial charge in [0, 0.05) is 11.3 Å². The smallest absolute Gasteiger partial charge is 0.134 e. The minimum absolute atomic E-state index is 0.266. The molecule has 0 radical (unpaired) electrons. The molecule has 0 N–H and O–H groups in total. The van der Waals surface area contributed by atoms with Crippen LogP contribution < -0.4 is 0 Å². The zero-order valence-corrected chi connectivity index (χ0v) is 9.79. The Labute approximate surface area is 92.5 Å². The van der Waals surface area contributed by atoms with Gasteiger partial charge in [0.1, 0.15) is 11.3 Å². The standard InChI is InChI=1S/C14H18O/c1-9(2)11-5-6-13-12(7-11)8-14(15-13)10(3)4/h5-10H,1-4H3/i8D. The average molecular weight is 203 g/mol. The highest BCUT2D eigenvalue weighted by atomic mass is 16.3. The first-order valence-electron chi connectivity index (χ1n) is 6.03. The zero-order valence-electron chi connectivity index (χ0n) is 10.8. The molecule has 0 aliphatic heterocycles. The Morgan fingerprint density at radius 2 is 1.87 bits per heavy atom. The Morgan fingerprint density at radius 3 is 2.47 bits per heavy atom. The molecule has 0 aliphatic carbocycles. The molecule has 1 aromatic carbocycles. The molecule has 0 unspecified atom stereocenters. The summed E-state index contributed by atoms with van der Waals surface area (Å²) in [6, 6.07) is 6.69. The third-order valence-corrected chi connectivity index (χ3v) is 2.67. The summed E-state index contributed by atoms with van der Waals surface area (Å²) in [5.41, 5.74) is 2.09. The molecule has 1 heteroatoms. The number of hydrogen-bond donors (Lipinski definition) is 0. The molecule has 0 bridgehead atoms. The van der Waals surface area contributed by atoms with E-state index in [-0.39, 0.29) is 5.92 Å². The van der Waals surface area contributed by atoms with E-state index in [1.165, 1.54) is 5.56 Å². The minimum atomic E-state index is 0.266. The lowest BCUT2D eigenvalue weighted by atomic mass is 10.0. The largest absolute Gasteiger partial charge is 0.461 e. The molecule has 0 spiro atoms. The summed E-state index contributed by atoms with van der Waals surface area (Å²) in [7, 11) is 0. The van der Waals surface area contributed by atoms with E-state index < -0.39 is 0 Å². The van der Waals surface area contributed by atoms with E-state index in [1.807, 2.05) is 6.07 Å². The molecular formula is C14H18O. The number of hydrogen-bond acceptors (Lipinski definition) is 1. The maximum absolute atomic E-state index is 8.09. The van der Waals surface area contributed by atoms with Gasteiger partial charge in [-0.15, -0.1) is 0 Å². The number of fused-ring (bicyclic) bond motifs is 1. The fourth-order valence-corrected chi connectivity index (χ4v) is 1.63. The van der Waals surface area contributed by atoms with E-state index in [0.717, 1.165) is 16.7 Å². The molecule has 2 aromatic rings. The lowest BCUT2D eigenvalue weighted by Gasteiger charge is -2.03. The van der Waals surface area contributed by atoms with E-state index >= 15 is 0 Å². The van der Waals surface area contributed by atoms with Gasteiger partial charge in [-0.2, -0.15) is 0 Å². The van der Waals surface area contributed by atoms with Crippen LogP contribution in [0.25, 0.3) is 11.0 Å². The number of rotatable bonds is 2. The van der Waals surface area contributed by atoms with Crippen LogP contribution in [0.2, 0.25) is 0 Å². The molecule has 0 atom stereocenters. The fourth-order valence-electron chi connectivity index (χ4n) is 1.63. The van der Waals surface area contributed by atoms with Crippen LogP contribution >= 0.6 is 0 Å². The van der Waals surface area contributed by atoms with Crippen molar-refractivity contribution in [2.45, 2.75) is 39.5 Å². The molecule has 0 saturated carbocycles. The Kier molecular flexibility index (Phi) is 2.24. The van der Waals surface area contributed by atoms with Gasteiger partial charge in [-0.3, -0.25) is 0 Å². The Morgan fingerprint density at radius 1 is 1.13 bits per heavy atom. The van der Waals surface area contributed by atoms with E-state index in [2.05, 4.69) is 39.8 Å². The van der Waals surface area contributed by atoms with Crippen LogP contribution in [0.15, 0.2) is 28.7 Å². The van der Waals surface area contributed by atoms with Crippen LogP contribution in [0.5, 0.6) is 0 Å². The van der Waals surface area contributed by atoms with Crippen LogP contribution in [-0.2, 0) is 0 Å². The molecule has 0 saturated heterocycles. The summed E-state index contributed by atoms with van der Waals surface area (Å²) in [6.07, 6.45) is 0. The highest BCUT2D eigenvalue weighted by Crippen LogP contribution is 2.27.